The molecule has 0 heterocycles. The molecule has 1 aromatic rings. The number of ether oxygens (including phenoxy) is 2. The molecule has 0 aliphatic heterocycles. The molecule has 1 aliphatic rings. The van der Waals surface area contributed by atoms with Gasteiger partial charge in [-0.2, -0.15) is 8.78 Å². The third-order valence-corrected chi connectivity index (χ3v) is 3.49. The van der Waals surface area contributed by atoms with Crippen molar-refractivity contribution in [3.05, 3.63) is 35.9 Å². The largest absolute Gasteiger partial charge is 0.493 e. The summed E-state index contributed by atoms with van der Waals surface area (Å²) in [6, 6.07) is 5.20. The maximum atomic E-state index is 12.5. The molecule has 0 radical (unpaired) electrons. The first-order valence-corrected chi connectivity index (χ1v) is 6.88. The van der Waals surface area contributed by atoms with Crippen molar-refractivity contribution in [2.24, 2.45) is 5.73 Å². The van der Waals surface area contributed by atoms with Crippen LogP contribution in [-0.2, 0) is 0 Å². The van der Waals surface area contributed by atoms with Crippen LogP contribution < -0.4 is 20.5 Å². The Labute approximate surface area is 122 Å². The zero-order valence-corrected chi connectivity index (χ0v) is 11.9. The average molecular weight is 298 g/mol. The molecule has 6 heteroatoms. The van der Waals surface area contributed by atoms with Crippen molar-refractivity contribution in [3.8, 4) is 11.5 Å². The van der Waals surface area contributed by atoms with E-state index in [-0.39, 0.29) is 17.5 Å². The molecule has 2 rings (SSSR count). The quantitative estimate of drug-likeness (QED) is 0.760. The van der Waals surface area contributed by atoms with E-state index in [4.69, 9.17) is 10.5 Å². The lowest BCUT2D eigenvalue weighted by Crippen LogP contribution is -2.35. The van der Waals surface area contributed by atoms with E-state index in [1.807, 2.05) is 6.07 Å². The lowest BCUT2D eigenvalue weighted by Gasteiger charge is -2.23. The number of benzene rings is 1. The van der Waals surface area contributed by atoms with Crippen LogP contribution in [0.5, 0.6) is 11.5 Å². The number of hydrogen-bond acceptors (Lipinski definition) is 4. The van der Waals surface area contributed by atoms with Gasteiger partial charge in [-0.25, -0.2) is 0 Å². The van der Waals surface area contributed by atoms with Gasteiger partial charge in [0.25, 0.3) is 0 Å². The minimum absolute atomic E-state index is 0.0230. The molecule has 3 N–H and O–H groups in total. The van der Waals surface area contributed by atoms with E-state index in [2.05, 4.69) is 22.2 Å². The van der Waals surface area contributed by atoms with Crippen molar-refractivity contribution in [3.63, 3.8) is 0 Å². The molecule has 1 aliphatic carbocycles. The molecule has 4 nitrogen and oxygen atoms in total. The summed E-state index contributed by atoms with van der Waals surface area (Å²) in [4.78, 5) is 0. The number of hydrogen-bond donors (Lipinski definition) is 2. The normalized spacial score (nSPS) is 16.4. The Balaban J connectivity index is 2.15. The summed E-state index contributed by atoms with van der Waals surface area (Å²) >= 11 is 0. The lowest BCUT2D eigenvalue weighted by molar-refractivity contribution is -0.0512. The Morgan fingerprint density at radius 3 is 2.57 bits per heavy atom. The fraction of sp³-hybridized carbons (Fsp3) is 0.467. The van der Waals surface area contributed by atoms with Crippen molar-refractivity contribution >= 4 is 0 Å². The molecule has 0 amide bonds. The van der Waals surface area contributed by atoms with E-state index >= 15 is 0 Å². The van der Waals surface area contributed by atoms with Crippen LogP contribution in [0.4, 0.5) is 8.78 Å². The van der Waals surface area contributed by atoms with E-state index in [0.717, 1.165) is 18.4 Å². The van der Waals surface area contributed by atoms with Crippen molar-refractivity contribution in [1.29, 1.82) is 0 Å². The first kappa shape index (κ1) is 15.7. The second-order valence-corrected chi connectivity index (χ2v) is 4.88. The second kappa shape index (κ2) is 7.38. The highest BCUT2D eigenvalue weighted by Gasteiger charge is 2.19. The van der Waals surface area contributed by atoms with Gasteiger partial charge in [0.1, 0.15) is 0 Å². The van der Waals surface area contributed by atoms with Gasteiger partial charge in [-0.1, -0.05) is 18.2 Å². The summed E-state index contributed by atoms with van der Waals surface area (Å²) < 4.78 is 34.4. The standard InChI is InChI=1S/C15H20F2N2O2/c1-20-13-7-6-10(8-14(13)21-15(16)17)12(9-18)19-11-4-2-3-5-11/h2-3,6-8,11-12,15,19H,4-5,9,18H2,1H3. The minimum Gasteiger partial charge on any atom is -0.493 e. The number of rotatable bonds is 7. The Morgan fingerprint density at radius 2 is 2.00 bits per heavy atom. The van der Waals surface area contributed by atoms with Gasteiger partial charge in [-0.3, -0.25) is 0 Å². The van der Waals surface area contributed by atoms with Crippen molar-refractivity contribution in [2.45, 2.75) is 31.5 Å². The van der Waals surface area contributed by atoms with E-state index in [1.54, 1.807) is 12.1 Å². The molecule has 0 bridgehead atoms. The SMILES string of the molecule is COc1ccc(C(CN)NC2CC=CC2)cc1OC(F)F. The summed E-state index contributed by atoms with van der Waals surface area (Å²) in [5.74, 6) is 0.298. The predicted octanol–water partition coefficient (Wildman–Crippen LogP) is 2.60. The van der Waals surface area contributed by atoms with Crippen LogP contribution in [0.15, 0.2) is 30.4 Å². The highest BCUT2D eigenvalue weighted by atomic mass is 19.3. The molecular formula is C15H20F2N2O2. The third kappa shape index (κ3) is 4.15. The summed E-state index contributed by atoms with van der Waals surface area (Å²) in [7, 11) is 1.41. The Hall–Kier alpha value is -1.66. The molecule has 1 aromatic carbocycles. The van der Waals surface area contributed by atoms with Gasteiger partial charge >= 0.3 is 6.61 Å². The molecular weight excluding hydrogens is 278 g/mol. The topological polar surface area (TPSA) is 56.5 Å². The molecule has 0 fully saturated rings. The van der Waals surface area contributed by atoms with Gasteiger partial charge in [-0.05, 0) is 30.5 Å². The zero-order chi connectivity index (χ0) is 15.2. The highest BCUT2D eigenvalue weighted by Crippen LogP contribution is 2.31. The maximum Gasteiger partial charge on any atom is 0.387 e. The lowest BCUT2D eigenvalue weighted by atomic mass is 10.0. The molecule has 0 saturated heterocycles. The van der Waals surface area contributed by atoms with Crippen LogP contribution in [0.1, 0.15) is 24.4 Å². The van der Waals surface area contributed by atoms with Crippen LogP contribution in [-0.4, -0.2) is 26.3 Å². The summed E-state index contributed by atoms with van der Waals surface area (Å²) in [5, 5.41) is 3.43. The first-order chi connectivity index (χ1) is 10.1. The van der Waals surface area contributed by atoms with Gasteiger partial charge in [0.15, 0.2) is 11.5 Å². The Bertz CT molecular complexity index is 487. The van der Waals surface area contributed by atoms with Gasteiger partial charge in [0.2, 0.25) is 0 Å². The van der Waals surface area contributed by atoms with Crippen molar-refractivity contribution in [1.82, 2.24) is 5.32 Å². The second-order valence-electron chi connectivity index (χ2n) is 4.88. The number of nitrogens with one attached hydrogen (secondary N) is 1. The fourth-order valence-corrected chi connectivity index (χ4v) is 2.44. The molecule has 0 spiro atoms. The predicted molar refractivity (Wildman–Crippen MR) is 76.7 cm³/mol. The van der Waals surface area contributed by atoms with E-state index in [0.29, 0.717) is 12.6 Å². The van der Waals surface area contributed by atoms with Crippen LogP contribution in [0.25, 0.3) is 0 Å². The monoisotopic (exact) mass is 298 g/mol. The van der Waals surface area contributed by atoms with Crippen LogP contribution >= 0.6 is 0 Å². The van der Waals surface area contributed by atoms with Gasteiger partial charge < -0.3 is 20.5 Å². The van der Waals surface area contributed by atoms with Gasteiger partial charge in [0.05, 0.1) is 7.11 Å². The summed E-state index contributed by atoms with van der Waals surface area (Å²) in [6.07, 6.45) is 6.13. The number of methoxy groups -OCH3 is 1. The molecule has 0 saturated carbocycles. The highest BCUT2D eigenvalue weighted by molar-refractivity contribution is 5.44. The molecule has 21 heavy (non-hydrogen) atoms. The number of halogens is 2. The van der Waals surface area contributed by atoms with Crippen molar-refractivity contribution < 1.29 is 18.3 Å². The zero-order valence-electron chi connectivity index (χ0n) is 11.9. The first-order valence-electron chi connectivity index (χ1n) is 6.88. The van der Waals surface area contributed by atoms with Crippen LogP contribution in [0.3, 0.4) is 0 Å². The Kier molecular flexibility index (Phi) is 5.52. The smallest absolute Gasteiger partial charge is 0.387 e. The summed E-state index contributed by atoms with van der Waals surface area (Å²) in [5.41, 5.74) is 6.61. The fourth-order valence-electron chi connectivity index (χ4n) is 2.44. The third-order valence-electron chi connectivity index (χ3n) is 3.49. The molecule has 1 unspecified atom stereocenters. The van der Waals surface area contributed by atoms with E-state index < -0.39 is 6.61 Å². The van der Waals surface area contributed by atoms with Crippen LogP contribution in [0.2, 0.25) is 0 Å². The van der Waals surface area contributed by atoms with E-state index in [1.165, 1.54) is 7.11 Å². The molecule has 116 valence electrons. The van der Waals surface area contributed by atoms with Crippen molar-refractivity contribution in [2.75, 3.05) is 13.7 Å². The average Bonchev–Trinajstić information content (AvgIpc) is 2.97. The minimum atomic E-state index is -2.89. The number of alkyl halides is 2. The van der Waals surface area contributed by atoms with E-state index in [9.17, 15) is 8.78 Å². The van der Waals surface area contributed by atoms with Gasteiger partial charge in [0, 0.05) is 18.6 Å². The maximum absolute atomic E-state index is 12.5. The van der Waals surface area contributed by atoms with Crippen LogP contribution in [0, 0.1) is 0 Å². The number of nitrogens with two attached hydrogens (primary N) is 1. The molecule has 0 aromatic heterocycles. The summed E-state index contributed by atoms with van der Waals surface area (Å²) in [6.45, 7) is -2.52. The van der Waals surface area contributed by atoms with Gasteiger partial charge in [-0.15, -0.1) is 0 Å². The molecule has 1 atom stereocenters. The Morgan fingerprint density at radius 1 is 1.29 bits per heavy atom.